The van der Waals surface area contributed by atoms with Gasteiger partial charge >= 0.3 is 0 Å². The number of carbonyl (C=O) groups excluding carboxylic acids is 2. The maximum absolute atomic E-state index is 13.1. The van der Waals surface area contributed by atoms with Gasteiger partial charge in [0, 0.05) is 18.2 Å². The third-order valence-corrected chi connectivity index (χ3v) is 6.54. The van der Waals surface area contributed by atoms with Crippen LogP contribution in [-0.4, -0.2) is 34.8 Å². The number of carbonyl (C=O) groups is 2. The molecule has 0 bridgehead atoms. The van der Waals surface area contributed by atoms with E-state index in [0.29, 0.717) is 18.5 Å². The fourth-order valence-electron chi connectivity index (χ4n) is 4.39. The summed E-state index contributed by atoms with van der Waals surface area (Å²) in [6, 6.07) is 16.2. The highest BCUT2D eigenvalue weighted by Gasteiger charge is 2.50. The third-order valence-electron chi connectivity index (χ3n) is 6.54. The van der Waals surface area contributed by atoms with E-state index in [1.807, 2.05) is 43.3 Å². The Hall–Kier alpha value is -2.62. The second kappa shape index (κ2) is 7.01. The van der Waals surface area contributed by atoms with Crippen LogP contribution >= 0.6 is 0 Å². The fourth-order valence-corrected chi connectivity index (χ4v) is 4.39. The highest BCUT2D eigenvalue weighted by molar-refractivity contribution is 6.00. The number of nitrogens with one attached hydrogen (secondary N) is 1. The van der Waals surface area contributed by atoms with Gasteiger partial charge in [0.25, 0.3) is 5.91 Å². The molecule has 1 atom stereocenters. The van der Waals surface area contributed by atoms with Crippen molar-refractivity contribution in [3.05, 3.63) is 70.8 Å². The molecule has 1 unspecified atom stereocenters. The molecule has 0 radical (unpaired) electrons. The molecule has 4 heteroatoms. The van der Waals surface area contributed by atoms with Crippen LogP contribution in [0.2, 0.25) is 0 Å². The largest absolute Gasteiger partial charge is 0.351 e. The van der Waals surface area contributed by atoms with E-state index >= 15 is 0 Å². The van der Waals surface area contributed by atoms with Crippen molar-refractivity contribution in [3.8, 4) is 0 Å². The van der Waals surface area contributed by atoms with Gasteiger partial charge in [-0.2, -0.15) is 0 Å². The van der Waals surface area contributed by atoms with Crippen LogP contribution in [0.4, 0.5) is 0 Å². The minimum atomic E-state index is -0.769. The van der Waals surface area contributed by atoms with Crippen molar-refractivity contribution in [2.24, 2.45) is 0 Å². The van der Waals surface area contributed by atoms with Crippen LogP contribution in [-0.2, 0) is 23.1 Å². The molecule has 1 saturated heterocycles. The monoisotopic (exact) mass is 390 g/mol. The summed E-state index contributed by atoms with van der Waals surface area (Å²) in [5.74, 6) is -0.106. The van der Waals surface area contributed by atoms with Crippen molar-refractivity contribution >= 4 is 11.8 Å². The molecule has 1 fully saturated rings. The fraction of sp³-hybridized carbons (Fsp3) is 0.440. The summed E-state index contributed by atoms with van der Waals surface area (Å²) in [6.07, 6.45) is 2.42. The zero-order chi connectivity index (χ0) is 20.8. The number of hydrogen-bond acceptors (Lipinski definition) is 2. The van der Waals surface area contributed by atoms with Gasteiger partial charge in [0.15, 0.2) is 0 Å². The second-order valence-electron chi connectivity index (χ2n) is 9.66. The zero-order valence-corrected chi connectivity index (χ0v) is 17.8. The molecule has 0 spiro atoms. The zero-order valence-electron chi connectivity index (χ0n) is 17.8. The maximum atomic E-state index is 13.1. The van der Waals surface area contributed by atoms with E-state index in [-0.39, 0.29) is 23.3 Å². The first-order valence-corrected chi connectivity index (χ1v) is 10.5. The lowest BCUT2D eigenvalue weighted by Gasteiger charge is -2.49. The van der Waals surface area contributed by atoms with E-state index in [1.165, 1.54) is 16.7 Å². The van der Waals surface area contributed by atoms with Gasteiger partial charge in [0.2, 0.25) is 5.91 Å². The normalized spacial score (nSPS) is 21.4. The number of fused-ring (bicyclic) bond motifs is 1. The van der Waals surface area contributed by atoms with Gasteiger partial charge in [-0.05, 0) is 60.4 Å². The molecule has 152 valence electrons. The number of nitrogens with zero attached hydrogens (tertiary/aromatic N) is 1. The summed E-state index contributed by atoms with van der Waals surface area (Å²) in [4.78, 5) is 27.9. The van der Waals surface area contributed by atoms with Gasteiger partial charge in [0.1, 0.15) is 5.54 Å². The summed E-state index contributed by atoms with van der Waals surface area (Å²) in [6.45, 7) is 8.97. The average Bonchev–Trinajstić information content (AvgIpc) is 3.08. The number of hydrogen-bond donors (Lipinski definition) is 1. The Morgan fingerprint density at radius 3 is 2.07 bits per heavy atom. The molecular weight excluding hydrogens is 360 g/mol. The van der Waals surface area contributed by atoms with Crippen LogP contribution in [0.1, 0.15) is 61.2 Å². The van der Waals surface area contributed by atoms with Crippen molar-refractivity contribution in [2.75, 3.05) is 6.54 Å². The highest BCUT2D eigenvalue weighted by atomic mass is 16.2. The van der Waals surface area contributed by atoms with Gasteiger partial charge in [-0.1, -0.05) is 57.2 Å². The van der Waals surface area contributed by atoms with E-state index in [0.717, 1.165) is 12.8 Å². The highest BCUT2D eigenvalue weighted by Crippen LogP contribution is 2.33. The second-order valence-corrected chi connectivity index (χ2v) is 9.66. The number of rotatable bonds is 3. The molecule has 1 N–H and O–H groups in total. The Kier molecular flexibility index (Phi) is 4.76. The van der Waals surface area contributed by atoms with Crippen molar-refractivity contribution in [1.82, 2.24) is 10.2 Å². The molecule has 4 nitrogen and oxygen atoms in total. The van der Waals surface area contributed by atoms with Crippen molar-refractivity contribution in [3.63, 3.8) is 0 Å². The Morgan fingerprint density at radius 1 is 1.00 bits per heavy atom. The van der Waals surface area contributed by atoms with Crippen LogP contribution in [0.25, 0.3) is 0 Å². The van der Waals surface area contributed by atoms with Crippen molar-refractivity contribution in [1.29, 1.82) is 0 Å². The van der Waals surface area contributed by atoms with Crippen molar-refractivity contribution in [2.45, 2.75) is 64.0 Å². The van der Waals surface area contributed by atoms with Crippen LogP contribution < -0.4 is 5.32 Å². The standard InChI is InChI=1S/C25H30N2O2/c1-24(2,3)20-11-9-17(10-12-20)22(28)27-14-13-25(27,4)23(29)26-21-15-18-7-5-6-8-19(18)16-21/h5-12,21H,13-16H2,1-4H3,(H,26,29). The molecule has 1 aliphatic carbocycles. The summed E-state index contributed by atoms with van der Waals surface area (Å²) in [5.41, 5.74) is 3.73. The molecule has 1 aliphatic heterocycles. The lowest BCUT2D eigenvalue weighted by atomic mass is 9.83. The minimum absolute atomic E-state index is 0.0405. The van der Waals surface area contributed by atoms with Gasteiger partial charge in [0.05, 0.1) is 0 Å². The van der Waals surface area contributed by atoms with Crippen LogP contribution in [0.5, 0.6) is 0 Å². The molecule has 0 saturated carbocycles. The smallest absolute Gasteiger partial charge is 0.254 e. The molecule has 2 aliphatic rings. The van der Waals surface area contributed by atoms with Crippen molar-refractivity contribution < 1.29 is 9.59 Å². The Bertz CT molecular complexity index is 917. The molecule has 2 aromatic carbocycles. The molecule has 2 amide bonds. The lowest BCUT2D eigenvalue weighted by Crippen LogP contribution is -2.68. The van der Waals surface area contributed by atoms with E-state index < -0.39 is 5.54 Å². The van der Waals surface area contributed by atoms with E-state index in [1.54, 1.807) is 4.90 Å². The lowest BCUT2D eigenvalue weighted by molar-refractivity contribution is -0.138. The van der Waals surface area contributed by atoms with E-state index in [2.05, 4.69) is 38.2 Å². The van der Waals surface area contributed by atoms with Crippen LogP contribution in [0, 0.1) is 0 Å². The summed E-state index contributed by atoms with van der Waals surface area (Å²) in [5, 5.41) is 3.20. The first-order chi connectivity index (χ1) is 13.7. The molecule has 4 rings (SSSR count). The molecule has 2 aromatic rings. The number of likely N-dealkylation sites (tertiary alicyclic amines) is 1. The van der Waals surface area contributed by atoms with Crippen LogP contribution in [0.15, 0.2) is 48.5 Å². The predicted octanol–water partition coefficient (Wildman–Crippen LogP) is 3.87. The Balaban J connectivity index is 1.43. The first-order valence-electron chi connectivity index (χ1n) is 10.5. The minimum Gasteiger partial charge on any atom is -0.351 e. The van der Waals surface area contributed by atoms with E-state index in [9.17, 15) is 9.59 Å². The number of benzene rings is 2. The van der Waals surface area contributed by atoms with Gasteiger partial charge in [-0.25, -0.2) is 0 Å². The quantitative estimate of drug-likeness (QED) is 0.865. The SMILES string of the molecule is CC(C)(C)c1ccc(C(=O)N2CCC2(C)C(=O)NC2Cc3ccccc3C2)cc1. The Labute approximate surface area is 173 Å². The Morgan fingerprint density at radius 2 is 1.59 bits per heavy atom. The predicted molar refractivity (Wildman–Crippen MR) is 115 cm³/mol. The topological polar surface area (TPSA) is 49.4 Å². The van der Waals surface area contributed by atoms with Gasteiger partial charge < -0.3 is 10.2 Å². The molecule has 0 aromatic heterocycles. The summed E-state index contributed by atoms with van der Waals surface area (Å²) in [7, 11) is 0. The number of amides is 2. The third kappa shape index (κ3) is 3.57. The molecular formula is C25H30N2O2. The first kappa shape index (κ1) is 19.7. The maximum Gasteiger partial charge on any atom is 0.254 e. The van der Waals surface area contributed by atoms with Gasteiger partial charge in [-0.15, -0.1) is 0 Å². The average molecular weight is 391 g/mol. The molecule has 29 heavy (non-hydrogen) atoms. The van der Waals surface area contributed by atoms with Gasteiger partial charge in [-0.3, -0.25) is 9.59 Å². The summed E-state index contributed by atoms with van der Waals surface area (Å²) < 4.78 is 0. The summed E-state index contributed by atoms with van der Waals surface area (Å²) >= 11 is 0. The van der Waals surface area contributed by atoms with Crippen LogP contribution in [0.3, 0.4) is 0 Å². The molecule has 1 heterocycles. The van der Waals surface area contributed by atoms with E-state index in [4.69, 9.17) is 0 Å².